The fourth-order valence-electron chi connectivity index (χ4n) is 2.02. The van der Waals surface area contributed by atoms with Crippen LogP contribution < -0.4 is 5.32 Å². The van der Waals surface area contributed by atoms with Gasteiger partial charge in [-0.3, -0.25) is 4.79 Å². The minimum atomic E-state index is -0.946. The normalized spacial score (nSPS) is 10.6. The highest BCUT2D eigenvalue weighted by atomic mass is 16.4. The number of carboxylic acid groups (broad SMARTS) is 1. The smallest absolute Gasteiger partial charge is 0.335 e. The number of aromatic carboxylic acids is 1. The number of carbonyl (C=O) groups excluding carboxylic acids is 1. The average molecular weight is 260 g/mol. The molecule has 0 aliphatic carbocycles. The van der Waals surface area contributed by atoms with Crippen molar-refractivity contribution in [3.05, 3.63) is 36.0 Å². The molecule has 1 heterocycles. The second kappa shape index (κ2) is 5.56. The van der Waals surface area contributed by atoms with Crippen LogP contribution in [0.15, 0.2) is 30.5 Å². The molecule has 1 amide bonds. The number of nitrogens with one attached hydrogen (secondary N) is 1. The maximum atomic E-state index is 11.4. The van der Waals surface area contributed by atoms with Crippen LogP contribution in [0.5, 0.6) is 0 Å². The molecule has 0 bridgehead atoms. The highest BCUT2D eigenvalue weighted by Gasteiger charge is 2.08. The van der Waals surface area contributed by atoms with E-state index in [1.807, 2.05) is 23.8 Å². The van der Waals surface area contributed by atoms with Gasteiger partial charge in [0.2, 0.25) is 5.91 Å². The van der Waals surface area contributed by atoms with Gasteiger partial charge in [0, 0.05) is 31.2 Å². The predicted octanol–water partition coefficient (Wildman–Crippen LogP) is 1.87. The highest BCUT2D eigenvalue weighted by Crippen LogP contribution is 2.18. The zero-order valence-corrected chi connectivity index (χ0v) is 10.7. The molecule has 0 spiro atoms. The summed E-state index contributed by atoms with van der Waals surface area (Å²) in [4.78, 5) is 22.4. The van der Waals surface area contributed by atoms with Gasteiger partial charge in [0.05, 0.1) is 5.56 Å². The zero-order valence-electron chi connectivity index (χ0n) is 10.7. The second-order valence-electron chi connectivity index (χ2n) is 4.29. The summed E-state index contributed by atoms with van der Waals surface area (Å²) in [5.41, 5.74) is 1.09. The Morgan fingerprint density at radius 1 is 1.32 bits per heavy atom. The summed E-state index contributed by atoms with van der Waals surface area (Å²) in [7, 11) is 0. The van der Waals surface area contributed by atoms with Crippen LogP contribution >= 0.6 is 0 Å². The number of carbonyl (C=O) groups is 2. The van der Waals surface area contributed by atoms with Crippen molar-refractivity contribution in [2.24, 2.45) is 0 Å². The van der Waals surface area contributed by atoms with Crippen molar-refractivity contribution in [1.82, 2.24) is 9.88 Å². The maximum absolute atomic E-state index is 11.4. The standard InChI is InChI=1S/C14H16N2O3/c1-2-15-13(17)6-8-16-7-5-10-3-4-11(14(18)19)9-12(10)16/h3-5,7,9H,2,6,8H2,1H3,(H,15,17)(H,18,19). The van der Waals surface area contributed by atoms with Gasteiger partial charge >= 0.3 is 5.97 Å². The van der Waals surface area contributed by atoms with E-state index in [9.17, 15) is 9.59 Å². The van der Waals surface area contributed by atoms with Gasteiger partial charge in [-0.2, -0.15) is 0 Å². The number of benzene rings is 1. The summed E-state index contributed by atoms with van der Waals surface area (Å²) in [6.45, 7) is 3.04. The molecular formula is C14H16N2O3. The zero-order chi connectivity index (χ0) is 13.8. The first-order valence-corrected chi connectivity index (χ1v) is 6.20. The number of hydrogen-bond acceptors (Lipinski definition) is 2. The molecule has 19 heavy (non-hydrogen) atoms. The third-order valence-corrected chi connectivity index (χ3v) is 2.97. The second-order valence-corrected chi connectivity index (χ2v) is 4.29. The van der Waals surface area contributed by atoms with Crippen molar-refractivity contribution in [1.29, 1.82) is 0 Å². The van der Waals surface area contributed by atoms with Crippen LogP contribution in [-0.2, 0) is 11.3 Å². The Balaban J connectivity index is 2.21. The van der Waals surface area contributed by atoms with Gasteiger partial charge in [0.1, 0.15) is 0 Å². The third-order valence-electron chi connectivity index (χ3n) is 2.97. The van der Waals surface area contributed by atoms with Crippen LogP contribution in [0.2, 0.25) is 0 Å². The van der Waals surface area contributed by atoms with Crippen LogP contribution in [0.3, 0.4) is 0 Å². The summed E-state index contributed by atoms with van der Waals surface area (Å²) < 4.78 is 1.90. The minimum absolute atomic E-state index is 0.00117. The number of amides is 1. The molecule has 2 rings (SSSR count). The lowest BCUT2D eigenvalue weighted by Gasteiger charge is -2.06. The molecule has 0 radical (unpaired) electrons. The molecule has 0 saturated heterocycles. The van der Waals surface area contributed by atoms with Crippen LogP contribution in [0.25, 0.3) is 10.9 Å². The number of rotatable bonds is 5. The Morgan fingerprint density at radius 2 is 2.11 bits per heavy atom. The Hall–Kier alpha value is -2.30. The number of nitrogens with zero attached hydrogens (tertiary/aromatic N) is 1. The molecule has 2 aromatic rings. The topological polar surface area (TPSA) is 71.3 Å². The number of hydrogen-bond donors (Lipinski definition) is 2. The molecule has 1 aromatic carbocycles. The van der Waals surface area contributed by atoms with Crippen molar-refractivity contribution in [2.45, 2.75) is 19.9 Å². The monoisotopic (exact) mass is 260 g/mol. The van der Waals surface area contributed by atoms with Gasteiger partial charge in [-0.05, 0) is 30.5 Å². The van der Waals surface area contributed by atoms with Gasteiger partial charge < -0.3 is 15.0 Å². The van der Waals surface area contributed by atoms with Crippen molar-refractivity contribution >= 4 is 22.8 Å². The van der Waals surface area contributed by atoms with Gasteiger partial charge in [0.25, 0.3) is 0 Å². The molecule has 0 aliphatic rings. The summed E-state index contributed by atoms with van der Waals surface area (Å²) in [5, 5.41) is 12.7. The predicted molar refractivity (Wildman–Crippen MR) is 72.2 cm³/mol. The molecule has 5 nitrogen and oxygen atoms in total. The van der Waals surface area contributed by atoms with E-state index in [1.54, 1.807) is 18.2 Å². The van der Waals surface area contributed by atoms with Crippen LogP contribution in [0.4, 0.5) is 0 Å². The third kappa shape index (κ3) is 2.93. The van der Waals surface area contributed by atoms with Crippen molar-refractivity contribution in [2.75, 3.05) is 6.54 Å². The summed E-state index contributed by atoms with van der Waals surface area (Å²) in [6, 6.07) is 6.91. The van der Waals surface area contributed by atoms with Crippen LogP contribution in [0, 0.1) is 0 Å². The Labute approximate surface area is 110 Å². The van der Waals surface area contributed by atoms with E-state index >= 15 is 0 Å². The first-order valence-electron chi connectivity index (χ1n) is 6.20. The lowest BCUT2D eigenvalue weighted by atomic mass is 10.1. The summed E-state index contributed by atoms with van der Waals surface area (Å²) >= 11 is 0. The fraction of sp³-hybridized carbons (Fsp3) is 0.286. The SMILES string of the molecule is CCNC(=O)CCn1ccc2ccc(C(=O)O)cc21. The van der Waals surface area contributed by atoms with E-state index in [2.05, 4.69) is 5.32 Å². The van der Waals surface area contributed by atoms with Crippen molar-refractivity contribution in [3.8, 4) is 0 Å². The molecule has 0 unspecified atom stereocenters. The fourth-order valence-corrected chi connectivity index (χ4v) is 2.02. The van der Waals surface area contributed by atoms with Gasteiger partial charge in [0.15, 0.2) is 0 Å². The molecule has 1 aromatic heterocycles. The van der Waals surface area contributed by atoms with E-state index in [4.69, 9.17) is 5.11 Å². The Bertz CT molecular complexity index is 616. The maximum Gasteiger partial charge on any atom is 0.335 e. The number of fused-ring (bicyclic) bond motifs is 1. The van der Waals surface area contributed by atoms with E-state index in [0.29, 0.717) is 19.5 Å². The number of carboxylic acids is 1. The molecule has 5 heteroatoms. The molecule has 0 saturated carbocycles. The average Bonchev–Trinajstić information content (AvgIpc) is 2.79. The van der Waals surface area contributed by atoms with E-state index in [-0.39, 0.29) is 11.5 Å². The quantitative estimate of drug-likeness (QED) is 0.862. The molecule has 0 fully saturated rings. The van der Waals surface area contributed by atoms with E-state index in [1.165, 1.54) is 0 Å². The first kappa shape index (κ1) is 13.1. The molecule has 100 valence electrons. The summed E-state index contributed by atoms with van der Waals surface area (Å²) in [5.74, 6) is -0.947. The molecule has 0 atom stereocenters. The van der Waals surface area contributed by atoms with E-state index < -0.39 is 5.97 Å². The lowest BCUT2D eigenvalue weighted by Crippen LogP contribution is -2.23. The number of aromatic nitrogens is 1. The first-order chi connectivity index (χ1) is 9.11. The Morgan fingerprint density at radius 3 is 2.79 bits per heavy atom. The van der Waals surface area contributed by atoms with Crippen LogP contribution in [-0.4, -0.2) is 28.1 Å². The van der Waals surface area contributed by atoms with Gasteiger partial charge in [-0.15, -0.1) is 0 Å². The van der Waals surface area contributed by atoms with Gasteiger partial charge in [-0.1, -0.05) is 6.07 Å². The van der Waals surface area contributed by atoms with Gasteiger partial charge in [-0.25, -0.2) is 4.79 Å². The molecule has 2 N–H and O–H groups in total. The lowest BCUT2D eigenvalue weighted by molar-refractivity contribution is -0.121. The Kier molecular flexibility index (Phi) is 3.85. The molecule has 0 aliphatic heterocycles. The minimum Gasteiger partial charge on any atom is -0.478 e. The largest absolute Gasteiger partial charge is 0.478 e. The van der Waals surface area contributed by atoms with Crippen LogP contribution in [0.1, 0.15) is 23.7 Å². The summed E-state index contributed by atoms with van der Waals surface area (Å²) in [6.07, 6.45) is 2.25. The van der Waals surface area contributed by atoms with E-state index in [0.717, 1.165) is 10.9 Å². The molecular weight excluding hydrogens is 244 g/mol. The number of aryl methyl sites for hydroxylation is 1. The highest BCUT2D eigenvalue weighted by molar-refractivity contribution is 5.93. The van der Waals surface area contributed by atoms with Crippen molar-refractivity contribution < 1.29 is 14.7 Å². The van der Waals surface area contributed by atoms with Crippen molar-refractivity contribution in [3.63, 3.8) is 0 Å².